The third-order valence-corrected chi connectivity index (χ3v) is 7.42. The van der Waals surface area contributed by atoms with Crippen molar-refractivity contribution in [2.75, 3.05) is 48.3 Å². The number of piperazine rings is 1. The number of para-hydroxylation sites is 1. The zero-order valence-electron chi connectivity index (χ0n) is 20.2. The van der Waals surface area contributed by atoms with Crippen LogP contribution in [0.5, 0.6) is 5.75 Å². The number of nitrogens with two attached hydrogens (primary N) is 1. The highest BCUT2D eigenvalue weighted by Crippen LogP contribution is 2.39. The van der Waals surface area contributed by atoms with Gasteiger partial charge in [-0.1, -0.05) is 24.5 Å². The lowest BCUT2D eigenvalue weighted by molar-refractivity contribution is 0.255. The summed E-state index contributed by atoms with van der Waals surface area (Å²) < 4.78 is 0. The van der Waals surface area contributed by atoms with Gasteiger partial charge in [0.1, 0.15) is 11.6 Å². The van der Waals surface area contributed by atoms with E-state index in [0.29, 0.717) is 35.0 Å². The Morgan fingerprint density at radius 3 is 2.61 bits per heavy atom. The molecule has 1 aromatic carbocycles. The van der Waals surface area contributed by atoms with Crippen LogP contribution in [-0.4, -0.2) is 75.0 Å². The number of phenols is 1. The first-order valence-corrected chi connectivity index (χ1v) is 12.6. The second-order valence-corrected chi connectivity index (χ2v) is 9.74. The molecule has 5 heterocycles. The van der Waals surface area contributed by atoms with Crippen LogP contribution >= 0.6 is 0 Å². The van der Waals surface area contributed by atoms with Gasteiger partial charge in [-0.25, -0.2) is 9.97 Å². The molecule has 0 aliphatic carbocycles. The lowest BCUT2D eigenvalue weighted by atomic mass is 10.1. The first-order valence-electron chi connectivity index (χ1n) is 12.6. The standard InChI is InChI=1S/C27H30N8O/c28-27-23(16-22(31-32-27)21-7-2-3-8-24(21)36)34-17-20-15-19(34)18-35(20)26-10-11-29-25(30-26)9-6-14-33-12-4-1-5-13-33/h2-3,7-8,10-11,16,19-20,36H,1,4-5,12-15,17-18H2,(H2,28,32)/t19-,20-/m1/s1. The number of hydrogen-bond donors (Lipinski definition) is 2. The van der Waals surface area contributed by atoms with Crippen LogP contribution in [0.15, 0.2) is 42.6 Å². The Morgan fingerprint density at radius 1 is 1.00 bits per heavy atom. The van der Waals surface area contributed by atoms with Crippen LogP contribution in [0.4, 0.5) is 17.3 Å². The predicted octanol–water partition coefficient (Wildman–Crippen LogP) is 2.53. The van der Waals surface area contributed by atoms with Gasteiger partial charge < -0.3 is 20.6 Å². The number of fused-ring (bicyclic) bond motifs is 2. The molecule has 3 N–H and O–H groups in total. The summed E-state index contributed by atoms with van der Waals surface area (Å²) in [6, 6.07) is 11.7. The van der Waals surface area contributed by atoms with Gasteiger partial charge in [0.15, 0.2) is 5.82 Å². The SMILES string of the molecule is Nc1nnc(-c2ccccc2O)cc1N1C[C@H]2C[C@@H]1CN2c1ccnc(C#CCN2CCCCC2)n1. The van der Waals surface area contributed by atoms with E-state index in [1.54, 1.807) is 18.3 Å². The van der Waals surface area contributed by atoms with Crippen LogP contribution < -0.4 is 15.5 Å². The summed E-state index contributed by atoms with van der Waals surface area (Å²) in [5, 5.41) is 18.7. The van der Waals surface area contributed by atoms with Crippen LogP contribution in [0.1, 0.15) is 31.5 Å². The molecular weight excluding hydrogens is 452 g/mol. The van der Waals surface area contributed by atoms with Crippen molar-refractivity contribution in [3.63, 3.8) is 0 Å². The van der Waals surface area contributed by atoms with Gasteiger partial charge in [0, 0.05) is 30.9 Å². The highest BCUT2D eigenvalue weighted by Gasteiger charge is 2.44. The maximum atomic E-state index is 10.3. The molecule has 3 fully saturated rings. The van der Waals surface area contributed by atoms with Crippen LogP contribution in [0.3, 0.4) is 0 Å². The third kappa shape index (κ3) is 4.40. The molecule has 3 aliphatic heterocycles. The topological polar surface area (TPSA) is 108 Å². The summed E-state index contributed by atoms with van der Waals surface area (Å²) in [5.74, 6) is 8.51. The summed E-state index contributed by atoms with van der Waals surface area (Å²) in [6.45, 7) is 4.71. The largest absolute Gasteiger partial charge is 0.507 e. The number of likely N-dealkylation sites (tertiary alicyclic amines) is 1. The predicted molar refractivity (Wildman–Crippen MR) is 140 cm³/mol. The molecule has 0 unspecified atom stereocenters. The minimum atomic E-state index is 0.176. The van der Waals surface area contributed by atoms with Crippen molar-refractivity contribution in [2.24, 2.45) is 0 Å². The first-order chi connectivity index (χ1) is 17.7. The van der Waals surface area contributed by atoms with Gasteiger partial charge in [0.05, 0.1) is 24.0 Å². The van der Waals surface area contributed by atoms with E-state index in [1.165, 1.54) is 19.3 Å². The van der Waals surface area contributed by atoms with E-state index in [1.807, 2.05) is 24.3 Å². The van der Waals surface area contributed by atoms with E-state index < -0.39 is 0 Å². The molecule has 2 atom stereocenters. The van der Waals surface area contributed by atoms with Crippen molar-refractivity contribution in [3.8, 4) is 28.8 Å². The quantitative estimate of drug-likeness (QED) is 0.542. The summed E-state index contributed by atoms with van der Waals surface area (Å²) in [5.41, 5.74) is 8.37. The highest BCUT2D eigenvalue weighted by molar-refractivity contribution is 5.75. The molecule has 0 radical (unpaired) electrons. The van der Waals surface area contributed by atoms with Crippen molar-refractivity contribution in [2.45, 2.75) is 37.8 Å². The molecule has 36 heavy (non-hydrogen) atoms. The molecule has 0 saturated carbocycles. The minimum Gasteiger partial charge on any atom is -0.507 e. The zero-order chi connectivity index (χ0) is 24.5. The molecule has 0 spiro atoms. The molecule has 2 aromatic heterocycles. The molecule has 3 saturated heterocycles. The number of aromatic nitrogens is 4. The Morgan fingerprint density at radius 2 is 1.81 bits per heavy atom. The van der Waals surface area contributed by atoms with Crippen molar-refractivity contribution >= 4 is 17.3 Å². The molecule has 6 rings (SSSR count). The van der Waals surface area contributed by atoms with Gasteiger partial charge in [-0.15, -0.1) is 10.2 Å². The first kappa shape index (κ1) is 22.6. The van der Waals surface area contributed by atoms with E-state index in [0.717, 1.165) is 50.6 Å². The van der Waals surface area contributed by atoms with E-state index in [2.05, 4.69) is 41.7 Å². The molecule has 3 aliphatic rings. The summed E-state index contributed by atoms with van der Waals surface area (Å²) in [4.78, 5) is 16.2. The number of rotatable bonds is 4. The van der Waals surface area contributed by atoms with E-state index in [4.69, 9.17) is 10.7 Å². The number of hydrogen-bond acceptors (Lipinski definition) is 9. The smallest absolute Gasteiger partial charge is 0.206 e. The Kier molecular flexibility index (Phi) is 6.03. The Bertz CT molecular complexity index is 1310. The van der Waals surface area contributed by atoms with E-state index in [-0.39, 0.29) is 5.75 Å². The third-order valence-electron chi connectivity index (χ3n) is 7.42. The molecule has 2 bridgehead atoms. The number of anilines is 3. The average Bonchev–Trinajstić information content (AvgIpc) is 3.52. The maximum absolute atomic E-state index is 10.3. The van der Waals surface area contributed by atoms with Crippen LogP contribution in [-0.2, 0) is 0 Å². The lowest BCUT2D eigenvalue weighted by Crippen LogP contribution is -2.47. The molecule has 184 valence electrons. The van der Waals surface area contributed by atoms with Gasteiger partial charge in [-0.05, 0) is 62.5 Å². The zero-order valence-corrected chi connectivity index (χ0v) is 20.2. The van der Waals surface area contributed by atoms with Crippen molar-refractivity contribution < 1.29 is 5.11 Å². The Labute approximate surface area is 211 Å². The van der Waals surface area contributed by atoms with Gasteiger partial charge in [0.2, 0.25) is 5.82 Å². The van der Waals surface area contributed by atoms with Crippen LogP contribution in [0.25, 0.3) is 11.3 Å². The monoisotopic (exact) mass is 482 g/mol. The van der Waals surface area contributed by atoms with Gasteiger partial charge in [-0.2, -0.15) is 0 Å². The molecule has 9 nitrogen and oxygen atoms in total. The molecule has 3 aromatic rings. The number of aromatic hydroxyl groups is 1. The minimum absolute atomic E-state index is 0.176. The number of piperidine rings is 1. The molecule has 0 amide bonds. The number of phenolic OH excluding ortho intramolecular Hbond substituents is 1. The summed E-state index contributed by atoms with van der Waals surface area (Å²) >= 11 is 0. The Balaban J connectivity index is 1.16. The van der Waals surface area contributed by atoms with Crippen molar-refractivity contribution in [1.82, 2.24) is 25.1 Å². The van der Waals surface area contributed by atoms with Crippen molar-refractivity contribution in [1.29, 1.82) is 0 Å². The number of nitrogen functional groups attached to an aromatic ring is 1. The molecular formula is C27H30N8O. The van der Waals surface area contributed by atoms with Crippen molar-refractivity contribution in [3.05, 3.63) is 48.4 Å². The highest BCUT2D eigenvalue weighted by atomic mass is 16.3. The van der Waals surface area contributed by atoms with Gasteiger partial charge >= 0.3 is 0 Å². The van der Waals surface area contributed by atoms with Crippen LogP contribution in [0, 0.1) is 11.8 Å². The number of benzene rings is 1. The fraction of sp³-hybridized carbons (Fsp3) is 0.407. The lowest BCUT2D eigenvalue weighted by Gasteiger charge is -2.36. The normalized spacial score (nSPS) is 21.4. The summed E-state index contributed by atoms with van der Waals surface area (Å²) in [6.07, 6.45) is 6.68. The van der Waals surface area contributed by atoms with E-state index >= 15 is 0 Å². The average molecular weight is 483 g/mol. The second kappa shape index (κ2) is 9.63. The fourth-order valence-electron chi connectivity index (χ4n) is 5.60. The maximum Gasteiger partial charge on any atom is 0.206 e. The summed E-state index contributed by atoms with van der Waals surface area (Å²) in [7, 11) is 0. The fourth-order valence-corrected chi connectivity index (χ4v) is 5.60. The van der Waals surface area contributed by atoms with Gasteiger partial charge in [0.25, 0.3) is 0 Å². The molecule has 9 heteroatoms. The Hall–Kier alpha value is -3.90. The van der Waals surface area contributed by atoms with Gasteiger partial charge in [-0.3, -0.25) is 4.90 Å². The second-order valence-electron chi connectivity index (χ2n) is 9.74. The van der Waals surface area contributed by atoms with Crippen LogP contribution in [0.2, 0.25) is 0 Å². The number of nitrogens with zero attached hydrogens (tertiary/aromatic N) is 7. The van der Waals surface area contributed by atoms with E-state index in [9.17, 15) is 5.11 Å².